The van der Waals surface area contributed by atoms with Gasteiger partial charge in [0.05, 0.1) is 18.7 Å². The lowest BCUT2D eigenvalue weighted by Gasteiger charge is -2.34. The van der Waals surface area contributed by atoms with Gasteiger partial charge in [-0.2, -0.15) is 0 Å². The molecule has 8 heteroatoms. The van der Waals surface area contributed by atoms with Gasteiger partial charge in [-0.05, 0) is 19.3 Å². The average Bonchev–Trinajstić information content (AvgIpc) is 3.04. The van der Waals surface area contributed by atoms with Gasteiger partial charge in [-0.15, -0.1) is 0 Å². The Labute approximate surface area is 172 Å². The van der Waals surface area contributed by atoms with Gasteiger partial charge in [0.15, 0.2) is 0 Å². The highest BCUT2D eigenvalue weighted by atomic mass is 16.2. The summed E-state index contributed by atoms with van der Waals surface area (Å²) >= 11 is 0. The summed E-state index contributed by atoms with van der Waals surface area (Å²) in [6, 6.07) is 0.320. The van der Waals surface area contributed by atoms with Crippen LogP contribution in [0, 0.1) is 0 Å². The summed E-state index contributed by atoms with van der Waals surface area (Å²) in [7, 11) is 1.94. The largest absolute Gasteiger partial charge is 0.354 e. The van der Waals surface area contributed by atoms with Crippen LogP contribution in [0.5, 0.6) is 0 Å². The van der Waals surface area contributed by atoms with E-state index >= 15 is 0 Å². The molecule has 8 nitrogen and oxygen atoms in total. The second kappa shape index (κ2) is 8.55. The number of hydrogen-bond acceptors (Lipinski definition) is 6. The van der Waals surface area contributed by atoms with E-state index in [1.807, 2.05) is 16.8 Å². The van der Waals surface area contributed by atoms with Crippen LogP contribution in [0.3, 0.4) is 0 Å². The van der Waals surface area contributed by atoms with E-state index in [2.05, 4.69) is 19.8 Å². The lowest BCUT2D eigenvalue weighted by molar-refractivity contribution is -0.133. The van der Waals surface area contributed by atoms with Crippen LogP contribution in [0.2, 0.25) is 0 Å². The number of hydrogen-bond donors (Lipinski definition) is 0. The van der Waals surface area contributed by atoms with E-state index in [-0.39, 0.29) is 11.8 Å². The second-order valence-electron chi connectivity index (χ2n) is 8.52. The molecule has 1 aliphatic carbocycles. The van der Waals surface area contributed by atoms with Crippen LogP contribution in [0.1, 0.15) is 51.0 Å². The van der Waals surface area contributed by atoms with Gasteiger partial charge in [0.25, 0.3) is 0 Å². The summed E-state index contributed by atoms with van der Waals surface area (Å²) in [6.07, 6.45) is 8.36. The zero-order chi connectivity index (χ0) is 20.4. The van der Waals surface area contributed by atoms with Crippen molar-refractivity contribution < 1.29 is 9.59 Å². The number of aromatic nitrogens is 2. The van der Waals surface area contributed by atoms with E-state index in [0.717, 1.165) is 56.1 Å². The molecule has 0 atom stereocenters. The first-order valence-electron chi connectivity index (χ1n) is 10.9. The summed E-state index contributed by atoms with van der Waals surface area (Å²) in [5.74, 6) is 2.08. The van der Waals surface area contributed by atoms with Crippen LogP contribution in [0.15, 0.2) is 6.33 Å². The molecule has 158 valence electrons. The number of anilines is 2. The molecular formula is C21H32N6O2. The zero-order valence-corrected chi connectivity index (χ0v) is 17.6. The topological polar surface area (TPSA) is 72.9 Å². The van der Waals surface area contributed by atoms with Crippen LogP contribution in [0.4, 0.5) is 11.6 Å². The smallest absolute Gasteiger partial charge is 0.242 e. The fourth-order valence-corrected chi connectivity index (χ4v) is 4.93. The molecule has 0 spiro atoms. The van der Waals surface area contributed by atoms with Crippen LogP contribution in [-0.4, -0.2) is 77.4 Å². The number of rotatable bonds is 2. The Kier molecular flexibility index (Phi) is 5.87. The number of carbonyl (C=O) groups excluding carboxylic acids is 2. The zero-order valence-electron chi connectivity index (χ0n) is 17.6. The van der Waals surface area contributed by atoms with E-state index in [1.54, 1.807) is 13.3 Å². The second-order valence-corrected chi connectivity index (χ2v) is 8.52. The molecule has 1 saturated carbocycles. The Bertz CT molecular complexity index is 764. The molecule has 3 heterocycles. The lowest BCUT2D eigenvalue weighted by Crippen LogP contribution is -2.43. The summed E-state index contributed by atoms with van der Waals surface area (Å²) in [5, 5.41) is 0. The molecule has 4 rings (SSSR count). The van der Waals surface area contributed by atoms with E-state index in [1.165, 1.54) is 19.3 Å². The van der Waals surface area contributed by atoms with Crippen molar-refractivity contribution >= 4 is 23.5 Å². The van der Waals surface area contributed by atoms with Crippen molar-refractivity contribution in [1.82, 2.24) is 19.8 Å². The van der Waals surface area contributed by atoms with Crippen molar-refractivity contribution in [3.8, 4) is 0 Å². The summed E-state index contributed by atoms with van der Waals surface area (Å²) in [6.45, 7) is 5.67. The average molecular weight is 401 g/mol. The fourth-order valence-electron chi connectivity index (χ4n) is 4.93. The van der Waals surface area contributed by atoms with Crippen molar-refractivity contribution in [1.29, 1.82) is 0 Å². The first kappa shape index (κ1) is 19.9. The molecule has 1 aromatic rings. The van der Waals surface area contributed by atoms with E-state index in [9.17, 15) is 9.59 Å². The highest BCUT2D eigenvalue weighted by Gasteiger charge is 2.33. The van der Waals surface area contributed by atoms with Crippen LogP contribution in [-0.2, 0) is 16.1 Å². The number of carbonyl (C=O) groups is 2. The van der Waals surface area contributed by atoms with Crippen molar-refractivity contribution in [3.05, 3.63) is 11.9 Å². The quantitative estimate of drug-likeness (QED) is 0.752. The molecule has 3 aliphatic rings. The van der Waals surface area contributed by atoms with Crippen molar-refractivity contribution in [2.45, 2.75) is 58.0 Å². The number of amides is 2. The van der Waals surface area contributed by atoms with E-state index in [4.69, 9.17) is 0 Å². The van der Waals surface area contributed by atoms with Crippen LogP contribution in [0.25, 0.3) is 0 Å². The van der Waals surface area contributed by atoms with Gasteiger partial charge in [0.1, 0.15) is 18.0 Å². The molecule has 0 unspecified atom stereocenters. The number of nitrogens with zero attached hydrogens (tertiary/aromatic N) is 6. The van der Waals surface area contributed by atoms with Crippen LogP contribution >= 0.6 is 0 Å². The molecule has 2 fully saturated rings. The first-order valence-corrected chi connectivity index (χ1v) is 10.9. The minimum Gasteiger partial charge on any atom is -0.354 e. The standard InChI is InChI=1S/C21H32N6O2/c1-16(28)25-9-6-10-26(12-11-25)21-18-13-27(17-7-4-3-5-8-17)19(29)14-24(2)20(18)22-15-23-21/h15,17H,3-14H2,1-2H3. The first-order chi connectivity index (χ1) is 14.0. The maximum absolute atomic E-state index is 13.0. The Balaban J connectivity index is 1.64. The number of likely N-dealkylation sites (N-methyl/N-ethyl adjacent to an activating group) is 1. The SMILES string of the molecule is CC(=O)N1CCCN(c2ncnc3c2CN(C2CCCCC2)C(=O)CN3C)CC1. The Morgan fingerprint density at radius 3 is 2.48 bits per heavy atom. The Hall–Kier alpha value is -2.38. The third-order valence-electron chi connectivity index (χ3n) is 6.54. The normalized spacial score (nSPS) is 21.7. The fraction of sp³-hybridized carbons (Fsp3) is 0.714. The van der Waals surface area contributed by atoms with Crippen molar-refractivity contribution in [3.63, 3.8) is 0 Å². The Morgan fingerprint density at radius 2 is 1.72 bits per heavy atom. The molecule has 2 aliphatic heterocycles. The highest BCUT2D eigenvalue weighted by Crippen LogP contribution is 2.33. The Morgan fingerprint density at radius 1 is 0.966 bits per heavy atom. The maximum atomic E-state index is 13.0. The predicted octanol–water partition coefficient (Wildman–Crippen LogP) is 1.65. The molecule has 1 saturated heterocycles. The summed E-state index contributed by atoms with van der Waals surface area (Å²) < 4.78 is 0. The van der Waals surface area contributed by atoms with Gasteiger partial charge < -0.3 is 19.6 Å². The van der Waals surface area contributed by atoms with Gasteiger partial charge in [0, 0.05) is 46.2 Å². The molecule has 0 N–H and O–H groups in total. The maximum Gasteiger partial charge on any atom is 0.242 e. The number of fused-ring (bicyclic) bond motifs is 1. The van der Waals surface area contributed by atoms with Gasteiger partial charge in [-0.1, -0.05) is 19.3 Å². The van der Waals surface area contributed by atoms with Gasteiger partial charge in [0.2, 0.25) is 11.8 Å². The molecule has 0 aromatic carbocycles. The molecular weight excluding hydrogens is 368 g/mol. The third kappa shape index (κ3) is 4.16. The molecule has 29 heavy (non-hydrogen) atoms. The molecule has 0 bridgehead atoms. The molecule has 0 radical (unpaired) electrons. The van der Waals surface area contributed by atoms with Crippen LogP contribution < -0.4 is 9.80 Å². The molecule has 2 amide bonds. The minimum atomic E-state index is 0.127. The summed E-state index contributed by atoms with van der Waals surface area (Å²) in [4.78, 5) is 42.2. The minimum absolute atomic E-state index is 0.127. The van der Waals surface area contributed by atoms with E-state index in [0.29, 0.717) is 25.7 Å². The predicted molar refractivity (Wildman–Crippen MR) is 112 cm³/mol. The van der Waals surface area contributed by atoms with E-state index < -0.39 is 0 Å². The lowest BCUT2D eigenvalue weighted by atomic mass is 9.94. The van der Waals surface area contributed by atoms with Gasteiger partial charge in [-0.25, -0.2) is 9.97 Å². The van der Waals surface area contributed by atoms with Gasteiger partial charge >= 0.3 is 0 Å². The van der Waals surface area contributed by atoms with Gasteiger partial charge in [-0.3, -0.25) is 9.59 Å². The van der Waals surface area contributed by atoms with Crippen molar-refractivity contribution in [2.75, 3.05) is 49.6 Å². The van der Waals surface area contributed by atoms with Crippen molar-refractivity contribution in [2.24, 2.45) is 0 Å². The summed E-state index contributed by atoms with van der Waals surface area (Å²) in [5.41, 5.74) is 1.04. The monoisotopic (exact) mass is 400 g/mol. The molecule has 1 aromatic heterocycles. The third-order valence-corrected chi connectivity index (χ3v) is 6.54. The highest BCUT2D eigenvalue weighted by molar-refractivity contribution is 5.84.